The number of carbonyl (C=O) groups excluding carboxylic acids is 1. The number of carbonyl (C=O) groups is 1. The topological polar surface area (TPSA) is 54.5 Å². The van der Waals surface area contributed by atoms with E-state index in [1.807, 2.05) is 20.8 Å². The number of hydrogen-bond acceptors (Lipinski definition) is 5. The van der Waals surface area contributed by atoms with Gasteiger partial charge in [-0.3, -0.25) is 9.69 Å². The van der Waals surface area contributed by atoms with Gasteiger partial charge in [0.2, 0.25) is 5.91 Å². The molecule has 0 aliphatic carbocycles. The first-order valence-electron chi connectivity index (χ1n) is 6.14. The number of aromatic nitrogens is 1. The molecule has 1 fully saturated rings. The summed E-state index contributed by atoms with van der Waals surface area (Å²) < 4.78 is 5.28. The van der Waals surface area contributed by atoms with Gasteiger partial charge in [-0.15, -0.1) is 11.3 Å². The van der Waals surface area contributed by atoms with Gasteiger partial charge >= 0.3 is 0 Å². The molecule has 2 heterocycles. The highest BCUT2D eigenvalue weighted by atomic mass is 32.1. The lowest BCUT2D eigenvalue weighted by molar-refractivity contribution is -0.122. The smallest absolute Gasteiger partial charge is 0.243 e. The van der Waals surface area contributed by atoms with Crippen LogP contribution in [0.3, 0.4) is 0 Å². The average Bonchev–Trinajstić information content (AvgIpc) is 2.68. The SMILES string of the molecule is Cc1nc(NC(=O)[C@@H](C)N2CCOCC2)sc1C. The van der Waals surface area contributed by atoms with Gasteiger partial charge in [0.25, 0.3) is 0 Å². The summed E-state index contributed by atoms with van der Waals surface area (Å²) in [6, 6.07) is -0.140. The third kappa shape index (κ3) is 3.07. The summed E-state index contributed by atoms with van der Waals surface area (Å²) in [6.07, 6.45) is 0. The Labute approximate surface area is 111 Å². The first kappa shape index (κ1) is 13.5. The second kappa shape index (κ2) is 5.77. The van der Waals surface area contributed by atoms with E-state index >= 15 is 0 Å². The van der Waals surface area contributed by atoms with Crippen molar-refractivity contribution in [3.63, 3.8) is 0 Å². The summed E-state index contributed by atoms with van der Waals surface area (Å²) in [4.78, 5) is 19.7. The molecule has 1 amide bonds. The maximum absolute atomic E-state index is 12.1. The summed E-state index contributed by atoms with van der Waals surface area (Å²) in [5, 5.41) is 3.58. The van der Waals surface area contributed by atoms with Crippen molar-refractivity contribution in [1.29, 1.82) is 0 Å². The van der Waals surface area contributed by atoms with E-state index in [0.29, 0.717) is 18.3 Å². The molecule has 1 aromatic rings. The van der Waals surface area contributed by atoms with Crippen molar-refractivity contribution in [3.05, 3.63) is 10.6 Å². The quantitative estimate of drug-likeness (QED) is 0.901. The Kier molecular flexibility index (Phi) is 4.31. The van der Waals surface area contributed by atoms with E-state index < -0.39 is 0 Å². The van der Waals surface area contributed by atoms with Gasteiger partial charge in [0.05, 0.1) is 24.9 Å². The molecule has 1 saturated heterocycles. The first-order chi connectivity index (χ1) is 8.58. The molecule has 0 saturated carbocycles. The highest BCUT2D eigenvalue weighted by Gasteiger charge is 2.23. The lowest BCUT2D eigenvalue weighted by atomic mass is 10.2. The molecular formula is C12H19N3O2S. The van der Waals surface area contributed by atoms with Crippen molar-refractivity contribution in [2.45, 2.75) is 26.8 Å². The molecule has 18 heavy (non-hydrogen) atoms. The number of hydrogen-bond donors (Lipinski definition) is 1. The van der Waals surface area contributed by atoms with Crippen molar-refractivity contribution >= 4 is 22.4 Å². The molecule has 0 unspecified atom stereocenters. The average molecular weight is 269 g/mol. The molecule has 100 valence electrons. The van der Waals surface area contributed by atoms with Gasteiger partial charge in [-0.05, 0) is 20.8 Å². The molecule has 0 aromatic carbocycles. The number of rotatable bonds is 3. The maximum atomic E-state index is 12.1. The molecule has 0 bridgehead atoms. The van der Waals surface area contributed by atoms with Crippen LogP contribution in [0.1, 0.15) is 17.5 Å². The molecule has 6 heteroatoms. The molecule has 1 aromatic heterocycles. The fraction of sp³-hybridized carbons (Fsp3) is 0.667. The summed E-state index contributed by atoms with van der Waals surface area (Å²) in [6.45, 7) is 8.91. The standard InChI is InChI=1S/C12H19N3O2S/c1-8-10(3)18-12(13-8)14-11(16)9(2)15-4-6-17-7-5-15/h9H,4-7H2,1-3H3,(H,13,14,16)/t9-/m1/s1. The Balaban J connectivity index is 1.94. The van der Waals surface area contributed by atoms with Crippen LogP contribution < -0.4 is 5.32 Å². The number of nitrogens with zero attached hydrogens (tertiary/aromatic N) is 2. The molecule has 5 nitrogen and oxygen atoms in total. The molecular weight excluding hydrogens is 250 g/mol. The Hall–Kier alpha value is -0.980. The monoisotopic (exact) mass is 269 g/mol. The Morgan fingerprint density at radius 1 is 1.44 bits per heavy atom. The summed E-state index contributed by atoms with van der Waals surface area (Å²) in [5.41, 5.74) is 0.981. The second-order valence-corrected chi connectivity index (χ2v) is 5.68. The predicted molar refractivity (Wildman–Crippen MR) is 72.1 cm³/mol. The number of thiazole rings is 1. The Morgan fingerprint density at radius 3 is 2.67 bits per heavy atom. The largest absolute Gasteiger partial charge is 0.379 e. The van der Waals surface area contributed by atoms with Gasteiger partial charge in [0, 0.05) is 18.0 Å². The predicted octanol–water partition coefficient (Wildman–Crippen LogP) is 1.42. The van der Waals surface area contributed by atoms with Crippen molar-refractivity contribution in [2.24, 2.45) is 0 Å². The lowest BCUT2D eigenvalue weighted by Crippen LogP contribution is -2.47. The molecule has 1 atom stereocenters. The minimum Gasteiger partial charge on any atom is -0.379 e. The van der Waals surface area contributed by atoms with Crippen LogP contribution in [0.15, 0.2) is 0 Å². The van der Waals surface area contributed by atoms with Crippen LogP contribution in [0.5, 0.6) is 0 Å². The van der Waals surface area contributed by atoms with Crippen LogP contribution in [0.4, 0.5) is 5.13 Å². The Morgan fingerprint density at radius 2 is 2.11 bits per heavy atom. The highest BCUT2D eigenvalue weighted by Crippen LogP contribution is 2.21. The van der Waals surface area contributed by atoms with Crippen LogP contribution in [-0.4, -0.2) is 48.1 Å². The fourth-order valence-electron chi connectivity index (χ4n) is 1.87. The Bertz CT molecular complexity index is 407. The zero-order valence-electron chi connectivity index (χ0n) is 11.0. The van der Waals surface area contributed by atoms with E-state index in [2.05, 4.69) is 15.2 Å². The zero-order chi connectivity index (χ0) is 13.1. The maximum Gasteiger partial charge on any atom is 0.243 e. The minimum atomic E-state index is -0.140. The molecule has 2 rings (SSSR count). The van der Waals surface area contributed by atoms with Crippen molar-refractivity contribution < 1.29 is 9.53 Å². The third-order valence-electron chi connectivity index (χ3n) is 3.23. The van der Waals surface area contributed by atoms with E-state index in [0.717, 1.165) is 23.7 Å². The summed E-state index contributed by atoms with van der Waals surface area (Å²) >= 11 is 1.52. The van der Waals surface area contributed by atoms with Gasteiger partial charge in [-0.2, -0.15) is 0 Å². The van der Waals surface area contributed by atoms with Crippen LogP contribution in [0, 0.1) is 13.8 Å². The van der Waals surface area contributed by atoms with E-state index in [4.69, 9.17) is 4.74 Å². The van der Waals surface area contributed by atoms with Crippen molar-refractivity contribution in [2.75, 3.05) is 31.6 Å². The van der Waals surface area contributed by atoms with Gasteiger partial charge in [-0.1, -0.05) is 0 Å². The van der Waals surface area contributed by atoms with Crippen molar-refractivity contribution in [3.8, 4) is 0 Å². The van der Waals surface area contributed by atoms with Crippen LogP contribution in [0.25, 0.3) is 0 Å². The highest BCUT2D eigenvalue weighted by molar-refractivity contribution is 7.15. The minimum absolute atomic E-state index is 0.00523. The number of anilines is 1. The normalized spacial score (nSPS) is 18.6. The van der Waals surface area contributed by atoms with Crippen LogP contribution in [0.2, 0.25) is 0 Å². The zero-order valence-corrected chi connectivity index (χ0v) is 11.8. The molecule has 1 N–H and O–H groups in total. The van der Waals surface area contributed by atoms with Gasteiger partial charge < -0.3 is 10.1 Å². The van der Waals surface area contributed by atoms with Crippen LogP contribution in [-0.2, 0) is 9.53 Å². The fourth-order valence-corrected chi connectivity index (χ4v) is 2.68. The van der Waals surface area contributed by atoms with E-state index in [1.54, 1.807) is 0 Å². The third-order valence-corrected chi connectivity index (χ3v) is 4.22. The summed E-state index contributed by atoms with van der Waals surface area (Å²) in [7, 11) is 0. The van der Waals surface area contributed by atoms with Gasteiger partial charge in [-0.25, -0.2) is 4.98 Å². The first-order valence-corrected chi connectivity index (χ1v) is 6.96. The molecule has 0 spiro atoms. The van der Waals surface area contributed by atoms with E-state index in [-0.39, 0.29) is 11.9 Å². The van der Waals surface area contributed by atoms with Gasteiger partial charge in [0.1, 0.15) is 0 Å². The number of morpholine rings is 1. The van der Waals surface area contributed by atoms with Crippen molar-refractivity contribution in [1.82, 2.24) is 9.88 Å². The number of nitrogens with one attached hydrogen (secondary N) is 1. The second-order valence-electron chi connectivity index (χ2n) is 4.47. The van der Waals surface area contributed by atoms with E-state index in [9.17, 15) is 4.79 Å². The number of aryl methyl sites for hydroxylation is 2. The van der Waals surface area contributed by atoms with Gasteiger partial charge in [0.15, 0.2) is 5.13 Å². The number of amides is 1. The summed E-state index contributed by atoms with van der Waals surface area (Å²) in [5.74, 6) is 0.00523. The van der Waals surface area contributed by atoms with Crippen LogP contribution >= 0.6 is 11.3 Å². The molecule has 1 aliphatic heterocycles. The molecule has 1 aliphatic rings. The molecule has 0 radical (unpaired) electrons. The van der Waals surface area contributed by atoms with E-state index in [1.165, 1.54) is 11.3 Å². The number of ether oxygens (including phenoxy) is 1. The lowest BCUT2D eigenvalue weighted by Gasteiger charge is -2.31.